The zero-order valence-corrected chi connectivity index (χ0v) is 12.5. The molecule has 0 atom stereocenters. The Labute approximate surface area is 122 Å². The predicted molar refractivity (Wildman–Crippen MR) is 89.1 cm³/mol. The van der Waals surface area contributed by atoms with Gasteiger partial charge in [-0.2, -0.15) is 0 Å². The van der Waals surface area contributed by atoms with Crippen LogP contribution < -0.4 is 4.74 Å². The summed E-state index contributed by atoms with van der Waals surface area (Å²) in [5.41, 5.74) is 4.93. The molecular formula is C19H22O. The molecule has 0 fully saturated rings. The molecule has 0 aliphatic carbocycles. The standard InChI is InChI=1S/C10H12.C9H10O/c1-4-10-7-8(2)5-6-9(10)3;1-3-8-4-6-9(10-2)7-5-8/h4-7H,1H2,2-3H3;3-7H,1H2,2H3. The molecule has 0 aliphatic heterocycles. The fourth-order valence-electron chi connectivity index (χ4n) is 1.72. The van der Waals surface area contributed by atoms with Crippen molar-refractivity contribution in [1.29, 1.82) is 0 Å². The van der Waals surface area contributed by atoms with Gasteiger partial charge in [-0.15, -0.1) is 0 Å². The van der Waals surface area contributed by atoms with Crippen LogP contribution in [0.15, 0.2) is 55.6 Å². The third kappa shape index (κ3) is 4.77. The van der Waals surface area contributed by atoms with Crippen molar-refractivity contribution in [3.63, 3.8) is 0 Å². The van der Waals surface area contributed by atoms with Gasteiger partial charge in [-0.25, -0.2) is 0 Å². The van der Waals surface area contributed by atoms with Gasteiger partial charge >= 0.3 is 0 Å². The second-order valence-electron chi connectivity index (χ2n) is 4.54. The first kappa shape index (κ1) is 15.8. The quantitative estimate of drug-likeness (QED) is 0.734. The molecule has 20 heavy (non-hydrogen) atoms. The van der Waals surface area contributed by atoms with Gasteiger partial charge < -0.3 is 4.74 Å². The molecule has 0 heterocycles. The minimum absolute atomic E-state index is 0.880. The maximum absolute atomic E-state index is 4.98. The molecule has 1 nitrogen and oxygen atoms in total. The van der Waals surface area contributed by atoms with Gasteiger partial charge in [0.05, 0.1) is 7.11 Å². The van der Waals surface area contributed by atoms with E-state index in [1.54, 1.807) is 13.2 Å². The Morgan fingerprint density at radius 2 is 1.55 bits per heavy atom. The molecule has 0 bridgehead atoms. The molecule has 0 radical (unpaired) electrons. The summed E-state index contributed by atoms with van der Waals surface area (Å²) in [6, 6.07) is 14.1. The van der Waals surface area contributed by atoms with Gasteiger partial charge in [0.2, 0.25) is 0 Å². The lowest BCUT2D eigenvalue weighted by molar-refractivity contribution is 0.415. The summed E-state index contributed by atoms with van der Waals surface area (Å²) in [5, 5.41) is 0. The summed E-state index contributed by atoms with van der Waals surface area (Å²) >= 11 is 0. The Kier molecular flexibility index (Phi) is 6.31. The maximum Gasteiger partial charge on any atom is 0.118 e. The van der Waals surface area contributed by atoms with E-state index < -0.39 is 0 Å². The van der Waals surface area contributed by atoms with E-state index in [1.807, 2.05) is 30.3 Å². The smallest absolute Gasteiger partial charge is 0.118 e. The monoisotopic (exact) mass is 266 g/mol. The summed E-state index contributed by atoms with van der Waals surface area (Å²) < 4.78 is 4.98. The minimum atomic E-state index is 0.880. The third-order valence-electron chi connectivity index (χ3n) is 3.01. The van der Waals surface area contributed by atoms with E-state index in [2.05, 4.69) is 45.2 Å². The predicted octanol–water partition coefficient (Wildman–Crippen LogP) is 5.28. The first-order valence-corrected chi connectivity index (χ1v) is 6.57. The molecule has 0 aliphatic rings. The van der Waals surface area contributed by atoms with Crippen LogP contribution in [0.3, 0.4) is 0 Å². The summed E-state index contributed by atoms with van der Waals surface area (Å²) in [7, 11) is 1.66. The van der Waals surface area contributed by atoms with Gasteiger partial charge in [-0.3, -0.25) is 0 Å². The summed E-state index contributed by atoms with van der Waals surface area (Å²) in [6.45, 7) is 11.6. The largest absolute Gasteiger partial charge is 0.497 e. The SMILES string of the molecule is C=Cc1cc(C)ccc1C.C=Cc1ccc(OC)cc1. The van der Waals surface area contributed by atoms with Crippen molar-refractivity contribution in [3.05, 3.63) is 77.9 Å². The second kappa shape index (κ2) is 8.00. The van der Waals surface area contributed by atoms with E-state index in [0.717, 1.165) is 11.3 Å². The van der Waals surface area contributed by atoms with E-state index in [4.69, 9.17) is 4.74 Å². The van der Waals surface area contributed by atoms with Crippen LogP contribution in [0.1, 0.15) is 22.3 Å². The number of rotatable bonds is 3. The molecule has 2 aromatic carbocycles. The summed E-state index contributed by atoms with van der Waals surface area (Å²) in [5.74, 6) is 0.880. The molecule has 0 amide bonds. The number of benzene rings is 2. The molecule has 0 unspecified atom stereocenters. The van der Waals surface area contributed by atoms with Crippen LogP contribution in [0.5, 0.6) is 5.75 Å². The Morgan fingerprint density at radius 1 is 0.900 bits per heavy atom. The van der Waals surface area contributed by atoms with Crippen LogP contribution in [0.25, 0.3) is 12.2 Å². The number of methoxy groups -OCH3 is 1. The molecule has 0 spiro atoms. The van der Waals surface area contributed by atoms with Crippen LogP contribution in [0.2, 0.25) is 0 Å². The average molecular weight is 266 g/mol. The fraction of sp³-hybridized carbons (Fsp3) is 0.158. The summed E-state index contributed by atoms with van der Waals surface area (Å²) in [6.07, 6.45) is 3.70. The maximum atomic E-state index is 4.98. The number of aryl methyl sites for hydroxylation is 2. The molecule has 0 aromatic heterocycles. The Hall–Kier alpha value is -2.28. The van der Waals surface area contributed by atoms with Crippen LogP contribution >= 0.6 is 0 Å². The number of hydrogen-bond donors (Lipinski definition) is 0. The highest BCUT2D eigenvalue weighted by atomic mass is 16.5. The van der Waals surface area contributed by atoms with Gasteiger partial charge in [-0.05, 0) is 42.7 Å². The van der Waals surface area contributed by atoms with Gasteiger partial charge in [0.25, 0.3) is 0 Å². The van der Waals surface area contributed by atoms with Gasteiger partial charge in [0, 0.05) is 0 Å². The van der Waals surface area contributed by atoms with Crippen molar-refractivity contribution < 1.29 is 4.74 Å². The normalized spacial score (nSPS) is 9.15. The minimum Gasteiger partial charge on any atom is -0.497 e. The molecule has 0 N–H and O–H groups in total. The van der Waals surface area contributed by atoms with Crippen molar-refractivity contribution in [2.75, 3.05) is 7.11 Å². The third-order valence-corrected chi connectivity index (χ3v) is 3.01. The van der Waals surface area contributed by atoms with E-state index in [0.29, 0.717) is 0 Å². The van der Waals surface area contributed by atoms with Crippen LogP contribution in [0, 0.1) is 13.8 Å². The molecular weight excluding hydrogens is 244 g/mol. The van der Waals surface area contributed by atoms with E-state index in [-0.39, 0.29) is 0 Å². The van der Waals surface area contributed by atoms with Crippen LogP contribution in [-0.2, 0) is 0 Å². The Balaban J connectivity index is 0.000000200. The van der Waals surface area contributed by atoms with Crippen LogP contribution in [-0.4, -0.2) is 7.11 Å². The van der Waals surface area contributed by atoms with E-state index in [9.17, 15) is 0 Å². The average Bonchev–Trinajstić information content (AvgIpc) is 2.50. The lowest BCUT2D eigenvalue weighted by atomic mass is 10.1. The first-order chi connectivity index (χ1) is 9.60. The lowest BCUT2D eigenvalue weighted by Crippen LogP contribution is -1.80. The van der Waals surface area contributed by atoms with Crippen molar-refractivity contribution in [2.45, 2.75) is 13.8 Å². The topological polar surface area (TPSA) is 9.23 Å². The van der Waals surface area contributed by atoms with E-state index >= 15 is 0 Å². The highest BCUT2D eigenvalue weighted by Gasteiger charge is 1.91. The number of ether oxygens (including phenoxy) is 1. The fourth-order valence-corrected chi connectivity index (χ4v) is 1.72. The van der Waals surface area contributed by atoms with Gasteiger partial charge in [-0.1, -0.05) is 61.2 Å². The molecule has 2 aromatic rings. The Morgan fingerprint density at radius 3 is 2.00 bits per heavy atom. The second-order valence-corrected chi connectivity index (χ2v) is 4.54. The van der Waals surface area contributed by atoms with Crippen molar-refractivity contribution >= 4 is 12.2 Å². The highest BCUT2D eigenvalue weighted by Crippen LogP contribution is 2.11. The number of hydrogen-bond acceptors (Lipinski definition) is 1. The first-order valence-electron chi connectivity index (χ1n) is 6.57. The lowest BCUT2D eigenvalue weighted by Gasteiger charge is -1.99. The Bertz CT molecular complexity index is 565. The van der Waals surface area contributed by atoms with Gasteiger partial charge in [0.15, 0.2) is 0 Å². The zero-order valence-electron chi connectivity index (χ0n) is 12.5. The van der Waals surface area contributed by atoms with E-state index in [1.165, 1.54) is 16.7 Å². The van der Waals surface area contributed by atoms with Crippen LogP contribution in [0.4, 0.5) is 0 Å². The van der Waals surface area contributed by atoms with Gasteiger partial charge in [0.1, 0.15) is 5.75 Å². The zero-order chi connectivity index (χ0) is 15.0. The molecule has 1 heteroatoms. The molecule has 0 saturated heterocycles. The molecule has 2 rings (SSSR count). The van der Waals surface area contributed by atoms with Crippen molar-refractivity contribution in [3.8, 4) is 5.75 Å². The van der Waals surface area contributed by atoms with Crippen molar-refractivity contribution in [1.82, 2.24) is 0 Å². The summed E-state index contributed by atoms with van der Waals surface area (Å²) in [4.78, 5) is 0. The molecule has 0 saturated carbocycles. The highest BCUT2D eigenvalue weighted by molar-refractivity contribution is 5.52. The molecule has 104 valence electrons. The van der Waals surface area contributed by atoms with Crippen molar-refractivity contribution in [2.24, 2.45) is 0 Å².